The number of carbonyl (C=O) groups excluding carboxylic acids is 1. The smallest absolute Gasteiger partial charge is 0.240 e. The van der Waals surface area contributed by atoms with Crippen molar-refractivity contribution in [3.8, 4) is 0 Å². The number of carbonyl (C=O) groups is 1. The Kier molecular flexibility index (Phi) is 6.09. The van der Waals surface area contributed by atoms with Crippen molar-refractivity contribution < 1.29 is 4.79 Å². The van der Waals surface area contributed by atoms with Crippen molar-refractivity contribution in [3.63, 3.8) is 0 Å². The minimum absolute atomic E-state index is 0.164. The third kappa shape index (κ3) is 4.58. The minimum Gasteiger partial charge on any atom is -0.355 e. The average Bonchev–Trinajstić information content (AvgIpc) is 2.76. The van der Waals surface area contributed by atoms with Gasteiger partial charge in [0.1, 0.15) is 0 Å². The van der Waals surface area contributed by atoms with Gasteiger partial charge < -0.3 is 15.5 Å². The molecule has 0 radical (unpaired) electrons. The van der Waals surface area contributed by atoms with Crippen LogP contribution >= 0.6 is 0 Å². The van der Waals surface area contributed by atoms with Gasteiger partial charge in [-0.2, -0.15) is 0 Å². The van der Waals surface area contributed by atoms with Crippen molar-refractivity contribution in [2.24, 2.45) is 0 Å². The molecule has 0 spiro atoms. The standard InChI is InChI=1S/C14H29N3O/c1-12(2)17(4)11-6-5-9-15-13(18)14(3)8-7-10-16-14/h12,16H,5-11H2,1-4H3,(H,15,18). The van der Waals surface area contributed by atoms with Gasteiger partial charge in [0.15, 0.2) is 0 Å². The summed E-state index contributed by atoms with van der Waals surface area (Å²) in [6.07, 6.45) is 4.25. The molecule has 0 aromatic rings. The first-order valence-electron chi connectivity index (χ1n) is 7.19. The summed E-state index contributed by atoms with van der Waals surface area (Å²) in [5.41, 5.74) is -0.325. The lowest BCUT2D eigenvalue weighted by atomic mass is 9.99. The van der Waals surface area contributed by atoms with Gasteiger partial charge in [-0.1, -0.05) is 0 Å². The summed E-state index contributed by atoms with van der Waals surface area (Å²) in [6, 6.07) is 0.598. The van der Waals surface area contributed by atoms with Crippen molar-refractivity contribution in [3.05, 3.63) is 0 Å². The van der Waals surface area contributed by atoms with Gasteiger partial charge in [0.2, 0.25) is 5.91 Å². The molecular formula is C14H29N3O. The minimum atomic E-state index is -0.325. The van der Waals surface area contributed by atoms with Crippen molar-refractivity contribution in [2.75, 3.05) is 26.7 Å². The Balaban J connectivity index is 2.09. The van der Waals surface area contributed by atoms with Crippen LogP contribution in [0.5, 0.6) is 0 Å². The molecule has 1 saturated heterocycles. The highest BCUT2D eigenvalue weighted by molar-refractivity contribution is 5.86. The second-order valence-electron chi connectivity index (χ2n) is 5.90. The fourth-order valence-corrected chi connectivity index (χ4v) is 2.23. The van der Waals surface area contributed by atoms with Gasteiger partial charge in [-0.3, -0.25) is 4.79 Å². The summed E-state index contributed by atoms with van der Waals surface area (Å²) in [6.45, 7) is 9.26. The fourth-order valence-electron chi connectivity index (χ4n) is 2.23. The first-order chi connectivity index (χ1) is 8.46. The highest BCUT2D eigenvalue weighted by Gasteiger charge is 2.35. The zero-order chi connectivity index (χ0) is 13.6. The van der Waals surface area contributed by atoms with E-state index in [1.807, 2.05) is 6.92 Å². The van der Waals surface area contributed by atoms with Gasteiger partial charge in [0.25, 0.3) is 0 Å². The van der Waals surface area contributed by atoms with E-state index in [-0.39, 0.29) is 11.4 Å². The molecule has 106 valence electrons. The van der Waals surface area contributed by atoms with E-state index in [2.05, 4.69) is 36.4 Å². The lowest BCUT2D eigenvalue weighted by Gasteiger charge is -2.23. The number of hydrogen-bond acceptors (Lipinski definition) is 3. The predicted octanol–water partition coefficient (Wildman–Crippen LogP) is 1.37. The molecular weight excluding hydrogens is 226 g/mol. The lowest BCUT2D eigenvalue weighted by molar-refractivity contribution is -0.126. The molecule has 1 amide bonds. The molecule has 1 rings (SSSR count). The summed E-state index contributed by atoms with van der Waals surface area (Å²) in [5.74, 6) is 0.164. The van der Waals surface area contributed by atoms with Gasteiger partial charge in [0, 0.05) is 12.6 Å². The van der Waals surface area contributed by atoms with E-state index in [9.17, 15) is 4.79 Å². The van der Waals surface area contributed by atoms with Crippen molar-refractivity contribution in [1.29, 1.82) is 0 Å². The quantitative estimate of drug-likeness (QED) is 0.675. The SMILES string of the molecule is CC(C)N(C)CCCCNC(=O)C1(C)CCCN1. The fraction of sp³-hybridized carbons (Fsp3) is 0.929. The Labute approximate surface area is 111 Å². The topological polar surface area (TPSA) is 44.4 Å². The zero-order valence-corrected chi connectivity index (χ0v) is 12.4. The monoisotopic (exact) mass is 255 g/mol. The Morgan fingerprint density at radius 3 is 2.72 bits per heavy atom. The molecule has 2 N–H and O–H groups in total. The van der Waals surface area contributed by atoms with Gasteiger partial charge in [0.05, 0.1) is 5.54 Å². The molecule has 1 aliphatic rings. The maximum Gasteiger partial charge on any atom is 0.240 e. The molecule has 0 aromatic heterocycles. The molecule has 0 aliphatic carbocycles. The largest absolute Gasteiger partial charge is 0.355 e. The van der Waals surface area contributed by atoms with Gasteiger partial charge in [-0.15, -0.1) is 0 Å². The number of nitrogens with one attached hydrogen (secondary N) is 2. The maximum absolute atomic E-state index is 12.0. The van der Waals surface area contributed by atoms with Crippen LogP contribution in [0.25, 0.3) is 0 Å². The van der Waals surface area contributed by atoms with E-state index in [1.54, 1.807) is 0 Å². The molecule has 1 unspecified atom stereocenters. The molecule has 18 heavy (non-hydrogen) atoms. The summed E-state index contributed by atoms with van der Waals surface area (Å²) >= 11 is 0. The number of amides is 1. The predicted molar refractivity (Wildman–Crippen MR) is 75.7 cm³/mol. The van der Waals surface area contributed by atoms with Crippen LogP contribution < -0.4 is 10.6 Å². The Hall–Kier alpha value is -0.610. The van der Waals surface area contributed by atoms with E-state index in [0.29, 0.717) is 6.04 Å². The zero-order valence-electron chi connectivity index (χ0n) is 12.4. The van der Waals surface area contributed by atoms with E-state index in [4.69, 9.17) is 0 Å². The summed E-state index contributed by atoms with van der Waals surface area (Å²) in [7, 11) is 2.15. The number of nitrogens with zero attached hydrogens (tertiary/aromatic N) is 1. The lowest BCUT2D eigenvalue weighted by Crippen LogP contribution is -2.51. The Bertz CT molecular complexity index is 260. The summed E-state index contributed by atoms with van der Waals surface area (Å²) in [4.78, 5) is 14.3. The van der Waals surface area contributed by atoms with Crippen LogP contribution in [0.2, 0.25) is 0 Å². The molecule has 1 atom stereocenters. The molecule has 1 aliphatic heterocycles. The number of rotatable bonds is 7. The molecule has 0 saturated carbocycles. The van der Waals surface area contributed by atoms with Crippen LogP contribution in [0.4, 0.5) is 0 Å². The van der Waals surface area contributed by atoms with Crippen LogP contribution in [0, 0.1) is 0 Å². The highest BCUT2D eigenvalue weighted by Crippen LogP contribution is 2.18. The van der Waals surface area contributed by atoms with Crippen LogP contribution in [0.1, 0.15) is 46.5 Å². The Morgan fingerprint density at radius 1 is 1.44 bits per heavy atom. The van der Waals surface area contributed by atoms with Gasteiger partial charge in [-0.25, -0.2) is 0 Å². The molecule has 0 bridgehead atoms. The van der Waals surface area contributed by atoms with Crippen LogP contribution in [0.15, 0.2) is 0 Å². The summed E-state index contributed by atoms with van der Waals surface area (Å²) in [5, 5.41) is 6.33. The van der Waals surface area contributed by atoms with Crippen molar-refractivity contribution in [1.82, 2.24) is 15.5 Å². The average molecular weight is 255 g/mol. The second-order valence-corrected chi connectivity index (χ2v) is 5.90. The molecule has 1 heterocycles. The third-order valence-electron chi connectivity index (χ3n) is 3.97. The molecule has 1 fully saturated rings. The number of hydrogen-bond donors (Lipinski definition) is 2. The molecule has 4 heteroatoms. The van der Waals surface area contributed by atoms with E-state index in [0.717, 1.165) is 45.3 Å². The first-order valence-corrected chi connectivity index (χ1v) is 7.19. The van der Waals surface area contributed by atoms with Crippen molar-refractivity contribution in [2.45, 2.75) is 58.0 Å². The van der Waals surface area contributed by atoms with E-state index in [1.165, 1.54) is 0 Å². The molecule has 4 nitrogen and oxygen atoms in total. The maximum atomic E-state index is 12.0. The number of unbranched alkanes of at least 4 members (excludes halogenated alkanes) is 1. The second kappa shape index (κ2) is 7.10. The van der Waals surface area contributed by atoms with Crippen LogP contribution in [-0.4, -0.2) is 49.1 Å². The first kappa shape index (κ1) is 15.4. The van der Waals surface area contributed by atoms with E-state index >= 15 is 0 Å². The van der Waals surface area contributed by atoms with E-state index < -0.39 is 0 Å². The van der Waals surface area contributed by atoms with Gasteiger partial charge >= 0.3 is 0 Å². The highest BCUT2D eigenvalue weighted by atomic mass is 16.2. The molecule has 0 aromatic carbocycles. The normalized spacial score (nSPS) is 23.9. The van der Waals surface area contributed by atoms with Crippen molar-refractivity contribution >= 4 is 5.91 Å². The summed E-state index contributed by atoms with van der Waals surface area (Å²) < 4.78 is 0. The van der Waals surface area contributed by atoms with Crippen LogP contribution in [-0.2, 0) is 4.79 Å². The Morgan fingerprint density at radius 2 is 2.17 bits per heavy atom. The van der Waals surface area contributed by atoms with Gasteiger partial charge in [-0.05, 0) is 66.6 Å². The van der Waals surface area contributed by atoms with Crippen LogP contribution in [0.3, 0.4) is 0 Å². The third-order valence-corrected chi connectivity index (χ3v) is 3.97.